The van der Waals surface area contributed by atoms with Gasteiger partial charge in [0.15, 0.2) is 17.5 Å². The number of ether oxygens (including phenoxy) is 2. The molecule has 1 saturated carbocycles. The average molecular weight is 584 g/mol. The molecule has 2 aromatic rings. The van der Waals surface area contributed by atoms with Gasteiger partial charge in [-0.2, -0.15) is 0 Å². The summed E-state index contributed by atoms with van der Waals surface area (Å²) in [5.74, 6) is 0.310. The number of benzene rings is 2. The molecule has 0 aromatic heterocycles. The zero-order valence-electron chi connectivity index (χ0n) is 23.5. The predicted octanol–water partition coefficient (Wildman–Crippen LogP) is 3.59. The molecule has 41 heavy (non-hydrogen) atoms. The van der Waals surface area contributed by atoms with E-state index in [0.717, 1.165) is 25.7 Å². The zero-order chi connectivity index (χ0) is 29.4. The summed E-state index contributed by atoms with van der Waals surface area (Å²) in [6.07, 6.45) is 6.41. The third-order valence-corrected chi connectivity index (χ3v) is 7.84. The minimum atomic E-state index is -0.826. The first-order chi connectivity index (χ1) is 19.8. The zero-order valence-corrected chi connectivity index (χ0v) is 24.3. The number of rotatable bonds is 10. The largest absolute Gasteiger partial charge is 0.493 e. The number of halogens is 1. The quantitative estimate of drug-likeness (QED) is 0.289. The Morgan fingerprint density at radius 1 is 1.07 bits per heavy atom. The number of hydrogen-bond donors (Lipinski definition) is 3. The average Bonchev–Trinajstić information content (AvgIpc) is 3.32. The van der Waals surface area contributed by atoms with Crippen molar-refractivity contribution >= 4 is 41.0 Å². The summed E-state index contributed by atoms with van der Waals surface area (Å²) in [5, 5.41) is 6.03. The number of nitrogens with one attached hydrogen (secondary N) is 2. The van der Waals surface area contributed by atoms with E-state index in [2.05, 4.69) is 15.6 Å². The maximum absolute atomic E-state index is 13.5. The van der Waals surface area contributed by atoms with Crippen LogP contribution in [0.5, 0.6) is 11.5 Å². The lowest BCUT2D eigenvalue weighted by Gasteiger charge is -2.25. The number of guanidine groups is 1. The van der Waals surface area contributed by atoms with Crippen LogP contribution in [0.3, 0.4) is 0 Å². The van der Waals surface area contributed by atoms with Crippen LogP contribution in [0.2, 0.25) is 5.02 Å². The number of methoxy groups -OCH3 is 2. The number of hydrogen-bond acceptors (Lipinski definition) is 6. The fraction of sp³-hybridized carbons (Fsp3) is 0.467. The molecule has 0 radical (unpaired) electrons. The Labute approximate surface area is 245 Å². The number of amides is 3. The van der Waals surface area contributed by atoms with Gasteiger partial charge >= 0.3 is 0 Å². The van der Waals surface area contributed by atoms with E-state index in [1.807, 2.05) is 6.07 Å². The van der Waals surface area contributed by atoms with Crippen molar-refractivity contribution in [1.82, 2.24) is 10.6 Å². The van der Waals surface area contributed by atoms with Crippen LogP contribution in [-0.2, 0) is 20.8 Å². The first kappa shape index (κ1) is 30.2. The Morgan fingerprint density at radius 3 is 2.54 bits per heavy atom. The van der Waals surface area contributed by atoms with Crippen LogP contribution >= 0.6 is 11.6 Å². The summed E-state index contributed by atoms with van der Waals surface area (Å²) >= 11 is 6.11. The molecule has 11 heteroatoms. The van der Waals surface area contributed by atoms with Crippen LogP contribution in [0.15, 0.2) is 47.5 Å². The maximum Gasteiger partial charge on any atom is 0.249 e. The summed E-state index contributed by atoms with van der Waals surface area (Å²) in [6.45, 7) is 0.467. The van der Waals surface area contributed by atoms with Crippen LogP contribution in [0.1, 0.15) is 50.5 Å². The molecule has 3 amide bonds. The Hall–Kier alpha value is -3.79. The Morgan fingerprint density at radius 2 is 1.83 bits per heavy atom. The summed E-state index contributed by atoms with van der Waals surface area (Å²) in [7, 11) is 3.07. The van der Waals surface area contributed by atoms with Gasteiger partial charge in [-0.25, -0.2) is 4.99 Å². The Bertz CT molecular complexity index is 1280. The third kappa shape index (κ3) is 8.13. The van der Waals surface area contributed by atoms with Crippen molar-refractivity contribution in [2.24, 2.45) is 16.6 Å². The van der Waals surface area contributed by atoms with E-state index in [1.165, 1.54) is 13.5 Å². The molecular formula is C30H38ClN5O5. The lowest BCUT2D eigenvalue weighted by atomic mass is 9.84. The van der Waals surface area contributed by atoms with E-state index in [1.54, 1.807) is 48.4 Å². The molecule has 1 aliphatic carbocycles. The molecule has 1 saturated heterocycles. The van der Waals surface area contributed by atoms with Crippen molar-refractivity contribution in [3.05, 3.63) is 53.1 Å². The Balaban J connectivity index is 1.42. The van der Waals surface area contributed by atoms with E-state index >= 15 is 0 Å². The second-order valence-electron chi connectivity index (χ2n) is 10.5. The smallest absolute Gasteiger partial charge is 0.249 e. The van der Waals surface area contributed by atoms with Crippen molar-refractivity contribution in [1.29, 1.82) is 0 Å². The monoisotopic (exact) mass is 583 g/mol. The lowest BCUT2D eigenvalue weighted by Crippen LogP contribution is -2.47. The first-order valence-corrected chi connectivity index (χ1v) is 14.4. The van der Waals surface area contributed by atoms with Crippen molar-refractivity contribution in [3.8, 4) is 11.5 Å². The molecule has 2 aliphatic rings. The number of carbonyl (C=O) groups excluding carboxylic acids is 3. The van der Waals surface area contributed by atoms with Crippen LogP contribution in [0.4, 0.5) is 5.69 Å². The molecule has 0 bridgehead atoms. The highest BCUT2D eigenvalue weighted by molar-refractivity contribution is 6.31. The van der Waals surface area contributed by atoms with Crippen LogP contribution < -0.4 is 30.7 Å². The van der Waals surface area contributed by atoms with Crippen molar-refractivity contribution < 1.29 is 23.9 Å². The molecule has 2 atom stereocenters. The second-order valence-corrected chi connectivity index (χ2v) is 10.9. The Kier molecular flexibility index (Phi) is 10.5. The number of nitrogens with zero attached hydrogens (tertiary/aromatic N) is 2. The van der Waals surface area contributed by atoms with Gasteiger partial charge in [-0.3, -0.25) is 19.7 Å². The third-order valence-electron chi connectivity index (χ3n) is 7.60. The fourth-order valence-electron chi connectivity index (χ4n) is 5.50. The van der Waals surface area contributed by atoms with E-state index in [9.17, 15) is 14.4 Å². The first-order valence-electron chi connectivity index (χ1n) is 14.0. The number of carbonyl (C=O) groups is 3. The molecular weight excluding hydrogens is 546 g/mol. The summed E-state index contributed by atoms with van der Waals surface area (Å²) in [5.41, 5.74) is 7.52. The summed E-state index contributed by atoms with van der Waals surface area (Å²) in [6, 6.07) is 10.8. The molecule has 1 aliphatic heterocycles. The minimum Gasteiger partial charge on any atom is -0.493 e. The van der Waals surface area contributed by atoms with Crippen LogP contribution in [0, 0.1) is 5.92 Å². The molecule has 1 unspecified atom stereocenters. The second kappa shape index (κ2) is 14.2. The highest BCUT2D eigenvalue weighted by Crippen LogP contribution is 2.30. The highest BCUT2D eigenvalue weighted by atomic mass is 35.5. The van der Waals surface area contributed by atoms with Gasteiger partial charge in [-0.15, -0.1) is 0 Å². The summed E-state index contributed by atoms with van der Waals surface area (Å²) < 4.78 is 10.6. The van der Waals surface area contributed by atoms with Crippen LogP contribution in [-0.4, -0.2) is 56.5 Å². The number of aliphatic imine (C=N–C) groups is 1. The molecule has 2 aromatic carbocycles. The standard InChI is InChI=1S/C30H38ClN5O5/c1-40-25-12-11-20(16-26(25)41-2)17-27(37)35-30(32)34-24(15-19-7-4-3-5-8-19)28(38)33-23-13-14-36(29(23)39)22-10-6-9-21(31)18-22/h6,9-12,16,18-19,23-24H,3-5,7-8,13-15,17H2,1-2H3,(H,33,38)(H3,32,34,35,37)/t23-,24?/m0/s1. The van der Waals surface area contributed by atoms with Gasteiger partial charge < -0.3 is 25.4 Å². The molecule has 220 valence electrons. The van der Waals surface area contributed by atoms with Crippen molar-refractivity contribution in [3.63, 3.8) is 0 Å². The van der Waals surface area contributed by atoms with Gasteiger partial charge in [-0.05, 0) is 54.7 Å². The van der Waals surface area contributed by atoms with Gasteiger partial charge in [0, 0.05) is 17.3 Å². The predicted molar refractivity (Wildman–Crippen MR) is 158 cm³/mol. The molecule has 10 nitrogen and oxygen atoms in total. The molecule has 0 spiro atoms. The molecule has 2 fully saturated rings. The molecule has 4 N–H and O–H groups in total. The highest BCUT2D eigenvalue weighted by Gasteiger charge is 2.35. The normalized spacial score (nSPS) is 18.6. The molecule has 1 heterocycles. The minimum absolute atomic E-state index is 0.0337. The SMILES string of the molecule is COc1ccc(CC(=O)NC(N)=NC(CC2CCCCC2)C(=O)N[C@H]2CCN(c3cccc(Cl)c3)C2=O)cc1OC. The van der Waals surface area contributed by atoms with Crippen molar-refractivity contribution in [2.45, 2.75) is 63.5 Å². The van der Waals surface area contributed by atoms with E-state index in [-0.39, 0.29) is 30.1 Å². The van der Waals surface area contributed by atoms with Gasteiger partial charge in [0.1, 0.15) is 12.1 Å². The number of nitrogens with two attached hydrogens (primary N) is 1. The summed E-state index contributed by atoms with van der Waals surface area (Å²) in [4.78, 5) is 45.4. The van der Waals surface area contributed by atoms with Crippen molar-refractivity contribution in [2.75, 3.05) is 25.7 Å². The topological polar surface area (TPSA) is 135 Å². The van der Waals surface area contributed by atoms with E-state index < -0.39 is 12.1 Å². The van der Waals surface area contributed by atoms with Gasteiger partial charge in [-0.1, -0.05) is 55.8 Å². The van der Waals surface area contributed by atoms with E-state index in [4.69, 9.17) is 26.8 Å². The number of anilines is 1. The fourth-order valence-corrected chi connectivity index (χ4v) is 5.69. The van der Waals surface area contributed by atoms with Gasteiger partial charge in [0.2, 0.25) is 17.7 Å². The lowest BCUT2D eigenvalue weighted by molar-refractivity contribution is -0.127. The molecule has 4 rings (SSSR count). The maximum atomic E-state index is 13.5. The van der Waals surface area contributed by atoms with E-state index in [0.29, 0.717) is 53.1 Å². The van der Waals surface area contributed by atoms with Gasteiger partial charge in [0.25, 0.3) is 0 Å². The van der Waals surface area contributed by atoms with Gasteiger partial charge in [0.05, 0.1) is 20.6 Å². The van der Waals surface area contributed by atoms with Crippen LogP contribution in [0.25, 0.3) is 0 Å².